The van der Waals surface area contributed by atoms with Gasteiger partial charge in [0.25, 0.3) is 5.91 Å². The van der Waals surface area contributed by atoms with Crippen molar-refractivity contribution in [1.82, 2.24) is 15.5 Å². The lowest BCUT2D eigenvalue weighted by atomic mass is 10.1. The van der Waals surface area contributed by atoms with Crippen molar-refractivity contribution in [3.8, 4) is 0 Å². The maximum atomic E-state index is 12.4. The van der Waals surface area contributed by atoms with Gasteiger partial charge in [-0.25, -0.2) is 8.42 Å². The molecule has 8 nitrogen and oxygen atoms in total. The smallest absolute Gasteiger partial charge is 0.276 e. The van der Waals surface area contributed by atoms with E-state index >= 15 is 0 Å². The Balaban J connectivity index is 1.70. The van der Waals surface area contributed by atoms with Crippen LogP contribution in [0.2, 0.25) is 0 Å². The van der Waals surface area contributed by atoms with Crippen LogP contribution in [0.3, 0.4) is 0 Å². The molecule has 1 aliphatic heterocycles. The minimum atomic E-state index is -3.31. The van der Waals surface area contributed by atoms with E-state index in [9.17, 15) is 13.2 Å². The number of hydrogen-bond donors (Lipinski definition) is 4. The maximum Gasteiger partial charge on any atom is 0.276 e. The van der Waals surface area contributed by atoms with Crippen LogP contribution in [0.15, 0.2) is 24.3 Å². The van der Waals surface area contributed by atoms with Gasteiger partial charge in [-0.1, -0.05) is 0 Å². The molecule has 0 saturated heterocycles. The summed E-state index contributed by atoms with van der Waals surface area (Å²) >= 11 is 0. The number of fused-ring (bicyclic) bond motifs is 1. The predicted molar refractivity (Wildman–Crippen MR) is 91.5 cm³/mol. The molecular formula is C15H19N5O3S. The largest absolute Gasteiger partial charge is 0.321 e. The summed E-state index contributed by atoms with van der Waals surface area (Å²) in [5.41, 5.74) is 3.29. The van der Waals surface area contributed by atoms with E-state index < -0.39 is 10.0 Å². The molecule has 2 aromatic rings. The highest BCUT2D eigenvalue weighted by molar-refractivity contribution is 7.92. The third-order valence-corrected chi connectivity index (χ3v) is 5.12. The third kappa shape index (κ3) is 3.57. The molecule has 1 amide bonds. The van der Waals surface area contributed by atoms with Crippen LogP contribution < -0.4 is 15.4 Å². The van der Waals surface area contributed by atoms with Crippen molar-refractivity contribution in [2.45, 2.75) is 19.9 Å². The van der Waals surface area contributed by atoms with Gasteiger partial charge in [0, 0.05) is 42.1 Å². The molecule has 3 rings (SSSR count). The quantitative estimate of drug-likeness (QED) is 0.644. The number of carbonyl (C=O) groups is 1. The fourth-order valence-corrected chi connectivity index (χ4v) is 3.12. The van der Waals surface area contributed by atoms with Crippen LogP contribution in [0.5, 0.6) is 0 Å². The number of H-pyrrole nitrogens is 1. The van der Waals surface area contributed by atoms with Crippen LogP contribution >= 0.6 is 0 Å². The van der Waals surface area contributed by atoms with Gasteiger partial charge in [-0.3, -0.25) is 14.6 Å². The summed E-state index contributed by atoms with van der Waals surface area (Å²) in [6.07, 6.45) is 0.821. The maximum absolute atomic E-state index is 12.4. The zero-order valence-corrected chi connectivity index (χ0v) is 14.0. The number of carbonyl (C=O) groups excluding carboxylic acids is 1. The minimum absolute atomic E-state index is 0.00376. The Morgan fingerprint density at radius 1 is 1.25 bits per heavy atom. The van der Waals surface area contributed by atoms with Crippen molar-refractivity contribution in [1.29, 1.82) is 0 Å². The van der Waals surface area contributed by atoms with Crippen molar-refractivity contribution in [2.24, 2.45) is 0 Å². The Morgan fingerprint density at radius 2 is 1.96 bits per heavy atom. The molecule has 0 fully saturated rings. The van der Waals surface area contributed by atoms with Crippen molar-refractivity contribution >= 4 is 27.3 Å². The number of aromatic amines is 1. The highest BCUT2D eigenvalue weighted by atomic mass is 32.2. The Morgan fingerprint density at radius 3 is 2.67 bits per heavy atom. The van der Waals surface area contributed by atoms with Crippen molar-refractivity contribution in [2.75, 3.05) is 22.3 Å². The van der Waals surface area contributed by atoms with Crippen LogP contribution in [0.4, 0.5) is 11.4 Å². The number of rotatable bonds is 5. The summed E-state index contributed by atoms with van der Waals surface area (Å²) in [5, 5.41) is 13.0. The Bertz CT molecular complexity index is 842. The molecule has 9 heteroatoms. The van der Waals surface area contributed by atoms with Crippen molar-refractivity contribution < 1.29 is 13.2 Å². The summed E-state index contributed by atoms with van der Waals surface area (Å²) in [7, 11) is -3.31. The molecule has 0 atom stereocenters. The molecule has 0 saturated carbocycles. The molecule has 2 heterocycles. The second-order valence-corrected chi connectivity index (χ2v) is 7.50. The molecule has 0 spiro atoms. The number of hydrogen-bond acceptors (Lipinski definition) is 5. The molecule has 1 aromatic carbocycles. The number of aromatic nitrogens is 2. The van der Waals surface area contributed by atoms with Crippen LogP contribution in [0, 0.1) is 0 Å². The summed E-state index contributed by atoms with van der Waals surface area (Å²) in [5.74, 6) is -0.290. The lowest BCUT2D eigenvalue weighted by Crippen LogP contribution is -2.25. The van der Waals surface area contributed by atoms with E-state index in [0.717, 1.165) is 24.2 Å². The topological polar surface area (TPSA) is 116 Å². The van der Waals surface area contributed by atoms with Gasteiger partial charge in [0.1, 0.15) is 0 Å². The van der Waals surface area contributed by atoms with Gasteiger partial charge >= 0.3 is 0 Å². The zero-order valence-electron chi connectivity index (χ0n) is 13.2. The number of anilines is 2. The average molecular weight is 349 g/mol. The molecule has 24 heavy (non-hydrogen) atoms. The molecular weight excluding hydrogens is 330 g/mol. The first kappa shape index (κ1) is 16.5. The molecule has 0 unspecified atom stereocenters. The highest BCUT2D eigenvalue weighted by Crippen LogP contribution is 2.19. The van der Waals surface area contributed by atoms with Crippen LogP contribution in [-0.2, 0) is 23.0 Å². The number of sulfonamides is 1. The van der Waals surface area contributed by atoms with Crippen LogP contribution in [0.25, 0.3) is 0 Å². The van der Waals surface area contributed by atoms with E-state index in [4.69, 9.17) is 0 Å². The van der Waals surface area contributed by atoms with E-state index in [1.165, 1.54) is 0 Å². The van der Waals surface area contributed by atoms with Gasteiger partial charge in [-0.15, -0.1) is 0 Å². The first-order chi connectivity index (χ1) is 11.5. The van der Waals surface area contributed by atoms with Crippen molar-refractivity contribution in [3.63, 3.8) is 0 Å². The van der Waals surface area contributed by atoms with Gasteiger partial charge in [0.05, 0.1) is 5.75 Å². The van der Waals surface area contributed by atoms with Gasteiger partial charge in [0.2, 0.25) is 10.0 Å². The highest BCUT2D eigenvalue weighted by Gasteiger charge is 2.21. The average Bonchev–Trinajstić information content (AvgIpc) is 3.00. The van der Waals surface area contributed by atoms with Crippen LogP contribution in [0.1, 0.15) is 28.7 Å². The van der Waals surface area contributed by atoms with E-state index in [1.54, 1.807) is 31.2 Å². The van der Waals surface area contributed by atoms with Crippen molar-refractivity contribution in [3.05, 3.63) is 41.2 Å². The SMILES string of the molecule is CCS(=O)(=O)Nc1ccc(NC(=O)c2n[nH]c3c2CNCC3)cc1. The molecule has 128 valence electrons. The van der Waals surface area contributed by atoms with E-state index in [1.807, 2.05) is 0 Å². The molecule has 4 N–H and O–H groups in total. The van der Waals surface area contributed by atoms with Gasteiger partial charge in [-0.05, 0) is 31.2 Å². The van der Waals surface area contributed by atoms with Crippen LogP contribution in [-0.4, -0.2) is 36.8 Å². The summed E-state index contributed by atoms with van der Waals surface area (Å²) < 4.78 is 25.5. The fourth-order valence-electron chi connectivity index (χ4n) is 2.48. The monoisotopic (exact) mass is 349 g/mol. The predicted octanol–water partition coefficient (Wildman–Crippen LogP) is 1.07. The van der Waals surface area contributed by atoms with Gasteiger partial charge in [-0.2, -0.15) is 5.10 Å². The van der Waals surface area contributed by atoms with E-state index in [0.29, 0.717) is 23.6 Å². The normalized spacial score (nSPS) is 14.0. The second kappa shape index (κ2) is 6.62. The fraction of sp³-hybridized carbons (Fsp3) is 0.333. The third-order valence-electron chi connectivity index (χ3n) is 3.82. The summed E-state index contributed by atoms with van der Waals surface area (Å²) in [6, 6.07) is 6.49. The lowest BCUT2D eigenvalue weighted by Gasteiger charge is -2.13. The Hall–Kier alpha value is -2.39. The minimum Gasteiger partial charge on any atom is -0.321 e. The second-order valence-electron chi connectivity index (χ2n) is 5.49. The molecule has 1 aliphatic rings. The van der Waals surface area contributed by atoms with Gasteiger partial charge < -0.3 is 10.6 Å². The summed E-state index contributed by atoms with van der Waals surface area (Å²) in [4.78, 5) is 12.4. The number of benzene rings is 1. The Kier molecular flexibility index (Phi) is 4.54. The molecule has 1 aromatic heterocycles. The Labute approximate surface area is 140 Å². The standard InChI is InChI=1S/C15H19N5O3S/c1-2-24(22,23)20-11-5-3-10(4-6-11)17-15(21)14-12-9-16-8-7-13(12)18-19-14/h3-6,16,20H,2,7-9H2,1H3,(H,17,21)(H,18,19). The first-order valence-electron chi connectivity index (χ1n) is 7.67. The molecule has 0 radical (unpaired) electrons. The van der Waals surface area contributed by atoms with E-state index in [2.05, 4.69) is 25.6 Å². The summed E-state index contributed by atoms with van der Waals surface area (Å²) in [6.45, 7) is 3.05. The number of amides is 1. The number of nitrogens with zero attached hydrogens (tertiary/aromatic N) is 1. The molecule has 0 aliphatic carbocycles. The number of nitrogens with one attached hydrogen (secondary N) is 4. The molecule has 0 bridgehead atoms. The first-order valence-corrected chi connectivity index (χ1v) is 9.32. The van der Waals surface area contributed by atoms with E-state index in [-0.39, 0.29) is 11.7 Å². The van der Waals surface area contributed by atoms with Gasteiger partial charge in [0.15, 0.2) is 5.69 Å². The lowest BCUT2D eigenvalue weighted by molar-refractivity contribution is 0.102. The zero-order chi connectivity index (χ0) is 17.2.